The number of carbonyl (C=O) groups is 1. The van der Waals surface area contributed by atoms with E-state index in [0.717, 1.165) is 45.2 Å². The summed E-state index contributed by atoms with van der Waals surface area (Å²) in [6.07, 6.45) is 2.30. The predicted molar refractivity (Wildman–Crippen MR) is 112 cm³/mol. The normalized spacial score (nSPS) is 13.6. The molecule has 138 valence electrons. The van der Waals surface area contributed by atoms with E-state index in [1.807, 2.05) is 55.5 Å². The van der Waals surface area contributed by atoms with Crippen LogP contribution in [0.15, 0.2) is 58.2 Å². The van der Waals surface area contributed by atoms with Gasteiger partial charge in [0, 0.05) is 21.8 Å². The van der Waals surface area contributed by atoms with Crippen LogP contribution in [0.5, 0.6) is 0 Å². The van der Waals surface area contributed by atoms with Crippen LogP contribution in [0, 0.1) is 6.92 Å². The number of hydrogen-bond donors (Lipinski definition) is 1. The molecular weight excluding hydrogens is 424 g/mol. The molecule has 1 amide bonds. The third-order valence-electron chi connectivity index (χ3n) is 4.41. The Hall–Kier alpha value is -2.12. The van der Waals surface area contributed by atoms with E-state index in [-0.39, 0.29) is 11.7 Å². The van der Waals surface area contributed by atoms with E-state index in [1.54, 1.807) is 0 Å². The highest BCUT2D eigenvalue weighted by molar-refractivity contribution is 9.10. The number of carbonyl (C=O) groups excluding carboxylic acids is 1. The van der Waals surface area contributed by atoms with Crippen molar-refractivity contribution in [2.45, 2.75) is 30.8 Å². The van der Waals surface area contributed by atoms with Crippen molar-refractivity contribution < 1.29 is 4.79 Å². The summed E-state index contributed by atoms with van der Waals surface area (Å²) in [4.78, 5) is 12.4. The molecule has 0 bridgehead atoms. The quantitative estimate of drug-likeness (QED) is 0.548. The standard InChI is InChI=1S/C20H19BrN4OS/c1-13-11-15(21)9-10-17(13)22-18(26)12-27-20-24-23-19(14-7-8-14)25(20)16-5-3-2-4-6-16/h2-6,9-11,14H,7-8,12H2,1H3,(H,22,26). The van der Waals surface area contributed by atoms with Crippen LogP contribution in [0.25, 0.3) is 5.69 Å². The average molecular weight is 443 g/mol. The van der Waals surface area contributed by atoms with Gasteiger partial charge in [-0.15, -0.1) is 10.2 Å². The maximum Gasteiger partial charge on any atom is 0.234 e. The molecule has 1 saturated carbocycles. The summed E-state index contributed by atoms with van der Waals surface area (Å²) in [5.74, 6) is 1.70. The minimum absolute atomic E-state index is 0.0546. The van der Waals surface area contributed by atoms with Crippen molar-refractivity contribution in [3.63, 3.8) is 0 Å². The van der Waals surface area contributed by atoms with E-state index in [9.17, 15) is 4.79 Å². The monoisotopic (exact) mass is 442 g/mol. The zero-order chi connectivity index (χ0) is 18.8. The molecule has 2 aromatic carbocycles. The first-order chi connectivity index (χ1) is 13.1. The molecule has 1 N–H and O–H groups in total. The van der Waals surface area contributed by atoms with Gasteiger partial charge in [0.25, 0.3) is 0 Å². The minimum Gasteiger partial charge on any atom is -0.325 e. The van der Waals surface area contributed by atoms with Crippen molar-refractivity contribution in [1.29, 1.82) is 0 Å². The van der Waals surface area contributed by atoms with Crippen LogP contribution in [0.1, 0.15) is 30.1 Å². The molecule has 0 atom stereocenters. The molecule has 4 rings (SSSR count). The highest BCUT2D eigenvalue weighted by atomic mass is 79.9. The number of halogens is 1. The lowest BCUT2D eigenvalue weighted by molar-refractivity contribution is -0.113. The lowest BCUT2D eigenvalue weighted by Gasteiger charge is -2.11. The maximum absolute atomic E-state index is 12.4. The number of para-hydroxylation sites is 1. The number of amides is 1. The lowest BCUT2D eigenvalue weighted by atomic mass is 10.2. The van der Waals surface area contributed by atoms with Gasteiger partial charge in [0.1, 0.15) is 5.82 Å². The third-order valence-corrected chi connectivity index (χ3v) is 5.83. The Bertz CT molecular complexity index is 969. The molecule has 0 saturated heterocycles. The summed E-state index contributed by atoms with van der Waals surface area (Å²) in [7, 11) is 0. The fraction of sp³-hybridized carbons (Fsp3) is 0.250. The first kappa shape index (κ1) is 18.3. The summed E-state index contributed by atoms with van der Waals surface area (Å²) in [6, 6.07) is 15.9. The summed E-state index contributed by atoms with van der Waals surface area (Å²) < 4.78 is 3.08. The van der Waals surface area contributed by atoms with Crippen LogP contribution in [0.2, 0.25) is 0 Å². The van der Waals surface area contributed by atoms with Crippen molar-refractivity contribution in [3.8, 4) is 5.69 Å². The minimum atomic E-state index is -0.0546. The Balaban J connectivity index is 1.49. The number of aryl methyl sites for hydroxylation is 1. The molecule has 27 heavy (non-hydrogen) atoms. The van der Waals surface area contributed by atoms with Crippen molar-refractivity contribution in [1.82, 2.24) is 14.8 Å². The number of thioether (sulfide) groups is 1. The van der Waals surface area contributed by atoms with Gasteiger partial charge in [-0.25, -0.2) is 0 Å². The summed E-state index contributed by atoms with van der Waals surface area (Å²) in [5.41, 5.74) is 2.88. The van der Waals surface area contributed by atoms with Crippen LogP contribution in [0.4, 0.5) is 5.69 Å². The Morgan fingerprint density at radius 2 is 2.00 bits per heavy atom. The fourth-order valence-corrected chi connectivity index (χ4v) is 4.12. The van der Waals surface area contributed by atoms with Gasteiger partial charge in [-0.2, -0.15) is 0 Å². The molecule has 0 aliphatic heterocycles. The van der Waals surface area contributed by atoms with Gasteiger partial charge in [0.15, 0.2) is 5.16 Å². The van der Waals surface area contributed by atoms with Crippen molar-refractivity contribution >= 4 is 39.3 Å². The van der Waals surface area contributed by atoms with Crippen LogP contribution >= 0.6 is 27.7 Å². The van der Waals surface area contributed by atoms with Crippen molar-refractivity contribution in [2.24, 2.45) is 0 Å². The van der Waals surface area contributed by atoms with Gasteiger partial charge >= 0.3 is 0 Å². The van der Waals surface area contributed by atoms with Crippen molar-refractivity contribution in [2.75, 3.05) is 11.1 Å². The second-order valence-electron chi connectivity index (χ2n) is 6.58. The largest absolute Gasteiger partial charge is 0.325 e. The van der Waals surface area contributed by atoms with Crippen molar-refractivity contribution in [3.05, 3.63) is 64.4 Å². The molecule has 1 aliphatic carbocycles. The number of benzene rings is 2. The Morgan fingerprint density at radius 1 is 1.22 bits per heavy atom. The van der Waals surface area contributed by atoms with E-state index in [1.165, 1.54) is 11.8 Å². The van der Waals surface area contributed by atoms with E-state index in [0.29, 0.717) is 5.92 Å². The Kier molecular flexibility index (Phi) is 5.31. The molecule has 1 aliphatic rings. The molecule has 5 nitrogen and oxygen atoms in total. The van der Waals surface area contributed by atoms with Crippen LogP contribution in [-0.4, -0.2) is 26.4 Å². The van der Waals surface area contributed by atoms with Crippen LogP contribution in [0.3, 0.4) is 0 Å². The second-order valence-corrected chi connectivity index (χ2v) is 8.44. The third kappa shape index (κ3) is 4.25. The molecule has 7 heteroatoms. The smallest absolute Gasteiger partial charge is 0.234 e. The second kappa shape index (κ2) is 7.86. The molecule has 1 fully saturated rings. The SMILES string of the molecule is Cc1cc(Br)ccc1NC(=O)CSc1nnc(C2CC2)n1-c1ccccc1. The summed E-state index contributed by atoms with van der Waals surface area (Å²) in [6.45, 7) is 1.97. The lowest BCUT2D eigenvalue weighted by Crippen LogP contribution is -2.15. The first-order valence-corrected chi connectivity index (χ1v) is 10.6. The maximum atomic E-state index is 12.4. The predicted octanol–water partition coefficient (Wildman–Crippen LogP) is 4.95. The van der Waals surface area contributed by atoms with E-state index in [4.69, 9.17) is 0 Å². The number of hydrogen-bond acceptors (Lipinski definition) is 4. The fourth-order valence-electron chi connectivity index (χ4n) is 2.88. The number of rotatable bonds is 6. The van der Waals surface area contributed by atoms with Gasteiger partial charge in [0.05, 0.1) is 5.75 Å². The van der Waals surface area contributed by atoms with Gasteiger partial charge in [-0.1, -0.05) is 45.9 Å². The summed E-state index contributed by atoms with van der Waals surface area (Å²) >= 11 is 4.85. The highest BCUT2D eigenvalue weighted by Crippen LogP contribution is 2.41. The van der Waals surface area contributed by atoms with Crippen LogP contribution < -0.4 is 5.32 Å². The zero-order valence-electron chi connectivity index (χ0n) is 14.9. The van der Waals surface area contributed by atoms with Crippen LogP contribution in [-0.2, 0) is 4.79 Å². The van der Waals surface area contributed by atoms with E-state index < -0.39 is 0 Å². The Labute approximate surface area is 170 Å². The average Bonchev–Trinajstić information content (AvgIpc) is 3.42. The van der Waals surface area contributed by atoms with Gasteiger partial charge < -0.3 is 5.32 Å². The zero-order valence-corrected chi connectivity index (χ0v) is 17.3. The Morgan fingerprint density at radius 3 is 2.70 bits per heavy atom. The van der Waals surface area contributed by atoms with Gasteiger partial charge in [0.2, 0.25) is 5.91 Å². The number of nitrogens with one attached hydrogen (secondary N) is 1. The van der Waals surface area contributed by atoms with E-state index in [2.05, 4.69) is 36.0 Å². The molecule has 0 unspecified atom stereocenters. The first-order valence-electron chi connectivity index (χ1n) is 8.81. The molecule has 0 spiro atoms. The van der Waals surface area contributed by atoms with Gasteiger partial charge in [-0.3, -0.25) is 9.36 Å². The van der Waals surface area contributed by atoms with Gasteiger partial charge in [-0.05, 0) is 55.7 Å². The molecular formula is C20H19BrN4OS. The molecule has 1 aromatic heterocycles. The molecule has 1 heterocycles. The highest BCUT2D eigenvalue weighted by Gasteiger charge is 2.31. The molecule has 3 aromatic rings. The van der Waals surface area contributed by atoms with E-state index >= 15 is 0 Å². The summed E-state index contributed by atoms with van der Waals surface area (Å²) in [5, 5.41) is 12.5. The number of anilines is 1. The number of nitrogens with zero attached hydrogens (tertiary/aromatic N) is 3. The topological polar surface area (TPSA) is 59.8 Å². The number of aromatic nitrogens is 3. The molecule has 0 radical (unpaired) electrons.